The molecular weight excluding hydrogens is 436 g/mol. The highest BCUT2D eigenvalue weighted by molar-refractivity contribution is 7.92. The van der Waals surface area contributed by atoms with Crippen LogP contribution in [-0.2, 0) is 14.6 Å². The summed E-state index contributed by atoms with van der Waals surface area (Å²) in [4.78, 5) is 17.1. The number of hydrogen-bond acceptors (Lipinski definition) is 5. The molecule has 0 spiro atoms. The second-order valence-corrected chi connectivity index (χ2v) is 10.3. The molecule has 1 aliphatic heterocycles. The van der Waals surface area contributed by atoms with E-state index in [4.69, 9.17) is 0 Å². The molecular formula is C23H29F2N3O3S. The summed E-state index contributed by atoms with van der Waals surface area (Å²) < 4.78 is 52.8. The van der Waals surface area contributed by atoms with Gasteiger partial charge in [0.1, 0.15) is 16.9 Å². The summed E-state index contributed by atoms with van der Waals surface area (Å²) in [6.07, 6.45) is 0. The van der Waals surface area contributed by atoms with Gasteiger partial charge in [0.05, 0.1) is 10.9 Å². The van der Waals surface area contributed by atoms with Crippen LogP contribution < -0.4 is 10.2 Å². The molecule has 9 heteroatoms. The molecule has 1 amide bonds. The smallest absolute Gasteiger partial charge is 0.238 e. The summed E-state index contributed by atoms with van der Waals surface area (Å²) >= 11 is 0. The van der Waals surface area contributed by atoms with Crippen LogP contribution >= 0.6 is 0 Å². The van der Waals surface area contributed by atoms with Gasteiger partial charge in [-0.15, -0.1) is 0 Å². The summed E-state index contributed by atoms with van der Waals surface area (Å²) in [7, 11) is -4.00. The number of nitrogens with one attached hydrogen (secondary N) is 1. The van der Waals surface area contributed by atoms with Gasteiger partial charge in [-0.1, -0.05) is 6.92 Å². The first-order valence-electron chi connectivity index (χ1n) is 10.7. The van der Waals surface area contributed by atoms with Crippen molar-refractivity contribution in [2.24, 2.45) is 0 Å². The van der Waals surface area contributed by atoms with Crippen molar-refractivity contribution >= 4 is 21.4 Å². The highest BCUT2D eigenvalue weighted by Crippen LogP contribution is 2.29. The third kappa shape index (κ3) is 5.27. The fraction of sp³-hybridized carbons (Fsp3) is 0.435. The lowest BCUT2D eigenvalue weighted by Gasteiger charge is -2.37. The van der Waals surface area contributed by atoms with Crippen molar-refractivity contribution in [2.45, 2.75) is 37.0 Å². The average molecular weight is 466 g/mol. The Morgan fingerprint density at radius 2 is 1.59 bits per heavy atom. The summed E-state index contributed by atoms with van der Waals surface area (Å²) in [6, 6.07) is 8.22. The Labute approximate surface area is 188 Å². The van der Waals surface area contributed by atoms with E-state index < -0.39 is 38.7 Å². The van der Waals surface area contributed by atoms with Crippen molar-refractivity contribution in [3.8, 4) is 0 Å². The number of carbonyl (C=O) groups excluding carboxylic acids is 1. The van der Waals surface area contributed by atoms with Gasteiger partial charge in [-0.05, 0) is 62.9 Å². The van der Waals surface area contributed by atoms with E-state index in [1.807, 2.05) is 0 Å². The molecule has 32 heavy (non-hydrogen) atoms. The molecule has 174 valence electrons. The Morgan fingerprint density at radius 1 is 1.00 bits per heavy atom. The summed E-state index contributed by atoms with van der Waals surface area (Å²) in [5.74, 6) is -1.69. The maximum Gasteiger partial charge on any atom is 0.238 e. The molecule has 0 radical (unpaired) electrons. The van der Waals surface area contributed by atoms with Crippen LogP contribution in [0.25, 0.3) is 0 Å². The maximum atomic E-state index is 14.1. The maximum absolute atomic E-state index is 14.1. The molecule has 0 aliphatic carbocycles. The fourth-order valence-corrected chi connectivity index (χ4v) is 5.12. The molecule has 2 aromatic carbocycles. The van der Waals surface area contributed by atoms with E-state index in [1.165, 1.54) is 19.1 Å². The molecule has 1 aliphatic rings. The molecule has 2 aromatic rings. The minimum atomic E-state index is -4.00. The number of rotatable bonds is 7. The Kier molecular flexibility index (Phi) is 7.51. The Hall–Kier alpha value is -2.52. The van der Waals surface area contributed by atoms with Crippen LogP contribution in [0.15, 0.2) is 47.4 Å². The van der Waals surface area contributed by atoms with Gasteiger partial charge < -0.3 is 15.1 Å². The van der Waals surface area contributed by atoms with Crippen LogP contribution in [0.1, 0.15) is 32.4 Å². The number of amides is 1. The number of benzene rings is 2. The molecule has 1 fully saturated rings. The van der Waals surface area contributed by atoms with Crippen molar-refractivity contribution in [1.82, 2.24) is 10.2 Å². The number of hydrogen-bond donors (Lipinski definition) is 1. The number of nitrogens with zero attached hydrogens (tertiary/aromatic N) is 2. The third-order valence-corrected chi connectivity index (χ3v) is 8.03. The minimum Gasteiger partial charge on any atom is -0.369 e. The quantitative estimate of drug-likeness (QED) is 0.637. The molecule has 0 bridgehead atoms. The van der Waals surface area contributed by atoms with E-state index in [9.17, 15) is 22.0 Å². The van der Waals surface area contributed by atoms with E-state index in [2.05, 4.69) is 22.0 Å². The monoisotopic (exact) mass is 465 g/mol. The third-order valence-electron chi connectivity index (χ3n) is 5.95. The van der Waals surface area contributed by atoms with Crippen LogP contribution in [0.4, 0.5) is 14.5 Å². The summed E-state index contributed by atoms with van der Waals surface area (Å²) in [5, 5.41) is 1.33. The predicted molar refractivity (Wildman–Crippen MR) is 120 cm³/mol. The lowest BCUT2D eigenvalue weighted by Crippen LogP contribution is -2.47. The second-order valence-electron chi connectivity index (χ2n) is 8.00. The second kappa shape index (κ2) is 9.95. The summed E-state index contributed by atoms with van der Waals surface area (Å²) in [5.41, 5.74) is 1.42. The molecule has 1 heterocycles. The highest BCUT2D eigenvalue weighted by atomic mass is 32.2. The van der Waals surface area contributed by atoms with Gasteiger partial charge in [-0.25, -0.2) is 17.2 Å². The lowest BCUT2D eigenvalue weighted by molar-refractivity contribution is -0.121. The van der Waals surface area contributed by atoms with Crippen LogP contribution in [0, 0.1) is 11.6 Å². The van der Waals surface area contributed by atoms with E-state index in [-0.39, 0.29) is 4.90 Å². The van der Waals surface area contributed by atoms with E-state index >= 15 is 0 Å². The van der Waals surface area contributed by atoms with Gasteiger partial charge in [0.2, 0.25) is 5.91 Å². The number of sulfone groups is 1. The SMILES string of the molecule is CCN1CCN(c2ccc(F)cc2C(C)NC(=O)C(C)S(=O)(=O)c2ccc(F)cc2)CC1. The minimum absolute atomic E-state index is 0.130. The topological polar surface area (TPSA) is 69.7 Å². The number of halogens is 2. The molecule has 1 saturated heterocycles. The molecule has 3 rings (SSSR count). The van der Waals surface area contributed by atoms with Crippen LogP contribution in [-0.4, -0.2) is 57.2 Å². The molecule has 0 saturated carbocycles. The largest absolute Gasteiger partial charge is 0.369 e. The molecule has 1 N–H and O–H groups in total. The van der Waals surface area contributed by atoms with Crippen LogP contribution in [0.2, 0.25) is 0 Å². The normalized spacial score (nSPS) is 17.1. The Bertz CT molecular complexity index is 1050. The standard InChI is InChI=1S/C23H29F2N3O3S/c1-4-27-11-13-28(14-12-27)22-10-7-19(25)15-21(22)16(2)26-23(29)17(3)32(30,31)20-8-5-18(24)6-9-20/h5-10,15-17H,4,11-14H2,1-3H3,(H,26,29). The Balaban J connectivity index is 1.77. The van der Waals surface area contributed by atoms with Gasteiger partial charge in [-0.3, -0.25) is 4.79 Å². The fourth-order valence-electron chi connectivity index (χ4n) is 3.84. The van der Waals surface area contributed by atoms with E-state index in [0.717, 1.165) is 62.7 Å². The van der Waals surface area contributed by atoms with E-state index in [1.54, 1.807) is 13.0 Å². The first-order valence-corrected chi connectivity index (χ1v) is 12.2. The highest BCUT2D eigenvalue weighted by Gasteiger charge is 2.31. The van der Waals surface area contributed by atoms with Gasteiger partial charge in [0.15, 0.2) is 9.84 Å². The number of likely N-dealkylation sites (N-methyl/N-ethyl adjacent to an activating group) is 1. The number of carbonyl (C=O) groups is 1. The molecule has 2 atom stereocenters. The van der Waals surface area contributed by atoms with Crippen molar-refractivity contribution in [2.75, 3.05) is 37.6 Å². The average Bonchev–Trinajstić information content (AvgIpc) is 2.78. The number of anilines is 1. The van der Waals surface area contributed by atoms with Crippen molar-refractivity contribution in [1.29, 1.82) is 0 Å². The van der Waals surface area contributed by atoms with E-state index in [0.29, 0.717) is 5.56 Å². The first kappa shape index (κ1) is 24.1. The zero-order valence-corrected chi connectivity index (χ0v) is 19.3. The van der Waals surface area contributed by atoms with Crippen LogP contribution in [0.5, 0.6) is 0 Å². The molecule has 2 unspecified atom stereocenters. The van der Waals surface area contributed by atoms with Gasteiger partial charge in [-0.2, -0.15) is 0 Å². The van der Waals surface area contributed by atoms with Crippen molar-refractivity contribution < 1.29 is 22.0 Å². The van der Waals surface area contributed by atoms with Crippen molar-refractivity contribution in [3.05, 3.63) is 59.7 Å². The predicted octanol–water partition coefficient (Wildman–Crippen LogP) is 3.15. The number of piperazine rings is 1. The summed E-state index contributed by atoms with van der Waals surface area (Å²) in [6.45, 7) is 9.41. The Morgan fingerprint density at radius 3 is 2.19 bits per heavy atom. The van der Waals surface area contributed by atoms with Gasteiger partial charge in [0.25, 0.3) is 0 Å². The molecule has 0 aromatic heterocycles. The van der Waals surface area contributed by atoms with Gasteiger partial charge >= 0.3 is 0 Å². The van der Waals surface area contributed by atoms with Crippen molar-refractivity contribution in [3.63, 3.8) is 0 Å². The first-order chi connectivity index (χ1) is 15.1. The lowest BCUT2D eigenvalue weighted by atomic mass is 10.0. The zero-order valence-electron chi connectivity index (χ0n) is 18.5. The molecule has 6 nitrogen and oxygen atoms in total. The zero-order chi connectivity index (χ0) is 23.5. The van der Waals surface area contributed by atoms with Crippen LogP contribution in [0.3, 0.4) is 0 Å². The van der Waals surface area contributed by atoms with Gasteiger partial charge in [0, 0.05) is 37.4 Å².